The predicted molar refractivity (Wildman–Crippen MR) is 61.9 cm³/mol. The highest BCUT2D eigenvalue weighted by molar-refractivity contribution is 5.54. The first-order valence-electron chi connectivity index (χ1n) is 4.75. The summed E-state index contributed by atoms with van der Waals surface area (Å²) in [5, 5.41) is 0. The van der Waals surface area contributed by atoms with Crippen LogP contribution in [0.15, 0.2) is 23.8 Å². The van der Waals surface area contributed by atoms with E-state index in [1.165, 1.54) is 0 Å². The molecule has 2 heteroatoms. The summed E-state index contributed by atoms with van der Waals surface area (Å²) in [5.41, 5.74) is 7.72. The molecule has 0 aliphatic heterocycles. The monoisotopic (exact) mass is 203 g/mol. The fourth-order valence-corrected chi connectivity index (χ4v) is 1.08. The maximum atomic E-state index is 13.6. The van der Waals surface area contributed by atoms with Crippen LogP contribution in [0.3, 0.4) is 0 Å². The van der Waals surface area contributed by atoms with Crippen molar-refractivity contribution < 1.29 is 4.39 Å². The predicted octanol–water partition coefficient (Wildman–Crippen LogP) is 3.03. The van der Waals surface area contributed by atoms with Crippen molar-refractivity contribution in [3.8, 4) is 11.8 Å². The number of anilines is 1. The molecule has 0 saturated heterocycles. The summed E-state index contributed by atoms with van der Waals surface area (Å²) in [5.74, 6) is 5.25. The first-order chi connectivity index (χ1) is 7.06. The Kier molecular flexibility index (Phi) is 3.51. The van der Waals surface area contributed by atoms with Gasteiger partial charge in [-0.1, -0.05) is 24.0 Å². The molecule has 0 spiro atoms. The SMILES string of the molecule is C/C=C(\C)C#Cc1c(C)ccc(N)c1F. The topological polar surface area (TPSA) is 26.0 Å². The van der Waals surface area contributed by atoms with Gasteiger partial charge in [0.2, 0.25) is 0 Å². The average Bonchev–Trinajstić information content (AvgIpc) is 2.23. The lowest BCUT2D eigenvalue weighted by Gasteiger charge is -2.02. The Morgan fingerprint density at radius 1 is 1.47 bits per heavy atom. The third kappa shape index (κ3) is 2.60. The second-order valence-electron chi connectivity index (χ2n) is 3.38. The molecule has 1 nitrogen and oxygen atoms in total. The summed E-state index contributed by atoms with van der Waals surface area (Å²) < 4.78 is 13.6. The van der Waals surface area contributed by atoms with Gasteiger partial charge in [0, 0.05) is 0 Å². The van der Waals surface area contributed by atoms with Gasteiger partial charge in [0.25, 0.3) is 0 Å². The minimum atomic E-state index is -0.425. The van der Waals surface area contributed by atoms with E-state index in [-0.39, 0.29) is 5.69 Å². The van der Waals surface area contributed by atoms with E-state index in [0.717, 1.165) is 11.1 Å². The molecule has 0 radical (unpaired) electrons. The molecule has 0 saturated carbocycles. The molecular formula is C13H14FN. The maximum Gasteiger partial charge on any atom is 0.161 e. The van der Waals surface area contributed by atoms with Crippen LogP contribution >= 0.6 is 0 Å². The molecule has 0 unspecified atom stereocenters. The lowest BCUT2D eigenvalue weighted by Crippen LogP contribution is -1.96. The molecule has 15 heavy (non-hydrogen) atoms. The lowest BCUT2D eigenvalue weighted by molar-refractivity contribution is 0.628. The molecule has 78 valence electrons. The van der Waals surface area contributed by atoms with Gasteiger partial charge in [-0.3, -0.25) is 0 Å². The fourth-order valence-electron chi connectivity index (χ4n) is 1.08. The van der Waals surface area contributed by atoms with Crippen molar-refractivity contribution in [3.05, 3.63) is 40.7 Å². The number of benzene rings is 1. The van der Waals surface area contributed by atoms with Crippen molar-refractivity contribution in [1.29, 1.82) is 0 Å². The molecule has 0 bridgehead atoms. The van der Waals surface area contributed by atoms with E-state index in [4.69, 9.17) is 5.73 Å². The standard InChI is InChI=1S/C13H14FN/c1-4-9(2)5-7-11-10(3)6-8-12(15)13(11)14/h4,6,8H,15H2,1-3H3/b9-4+. The highest BCUT2D eigenvalue weighted by Crippen LogP contribution is 2.17. The second-order valence-corrected chi connectivity index (χ2v) is 3.38. The Morgan fingerprint density at radius 3 is 2.73 bits per heavy atom. The summed E-state index contributed by atoms with van der Waals surface area (Å²) in [6.07, 6.45) is 1.88. The van der Waals surface area contributed by atoms with Crippen LogP contribution in [0.1, 0.15) is 25.0 Å². The first-order valence-corrected chi connectivity index (χ1v) is 4.75. The van der Waals surface area contributed by atoms with Crippen LogP contribution in [0.4, 0.5) is 10.1 Å². The molecule has 1 rings (SSSR count). The van der Waals surface area contributed by atoms with E-state index in [1.807, 2.05) is 26.8 Å². The zero-order valence-corrected chi connectivity index (χ0v) is 9.19. The molecule has 0 aromatic heterocycles. The Balaban J connectivity index is 3.24. The van der Waals surface area contributed by atoms with Crippen LogP contribution in [0.2, 0.25) is 0 Å². The van der Waals surface area contributed by atoms with E-state index in [0.29, 0.717) is 5.56 Å². The second kappa shape index (κ2) is 4.65. The summed E-state index contributed by atoms with van der Waals surface area (Å²) >= 11 is 0. The van der Waals surface area contributed by atoms with E-state index in [9.17, 15) is 4.39 Å². The van der Waals surface area contributed by atoms with Crippen LogP contribution in [-0.2, 0) is 0 Å². The van der Waals surface area contributed by atoms with Crippen LogP contribution in [0.5, 0.6) is 0 Å². The molecule has 0 atom stereocenters. The number of halogens is 1. The Bertz CT molecular complexity index is 461. The molecule has 0 fully saturated rings. The molecule has 1 aromatic rings. The van der Waals surface area contributed by atoms with E-state index < -0.39 is 5.82 Å². The summed E-state index contributed by atoms with van der Waals surface area (Å²) in [4.78, 5) is 0. The van der Waals surface area contributed by atoms with Gasteiger partial charge in [-0.05, 0) is 38.0 Å². The van der Waals surface area contributed by atoms with Gasteiger partial charge < -0.3 is 5.73 Å². The largest absolute Gasteiger partial charge is 0.396 e. The van der Waals surface area contributed by atoms with Gasteiger partial charge in [0.1, 0.15) is 0 Å². The molecule has 0 aliphatic carbocycles. The van der Waals surface area contributed by atoms with E-state index in [1.54, 1.807) is 12.1 Å². The number of aryl methyl sites for hydroxylation is 1. The number of hydrogen-bond donors (Lipinski definition) is 1. The number of rotatable bonds is 0. The van der Waals surface area contributed by atoms with Crippen LogP contribution in [0.25, 0.3) is 0 Å². The van der Waals surface area contributed by atoms with Crippen LogP contribution < -0.4 is 5.73 Å². The third-order valence-electron chi connectivity index (χ3n) is 2.20. The van der Waals surface area contributed by atoms with E-state index in [2.05, 4.69) is 11.8 Å². The number of hydrogen-bond acceptors (Lipinski definition) is 1. The van der Waals surface area contributed by atoms with Crippen LogP contribution in [0, 0.1) is 24.6 Å². The van der Waals surface area contributed by atoms with Crippen molar-refractivity contribution >= 4 is 5.69 Å². The zero-order chi connectivity index (χ0) is 11.4. The molecule has 0 aliphatic rings. The van der Waals surface area contributed by atoms with Crippen LogP contribution in [-0.4, -0.2) is 0 Å². The highest BCUT2D eigenvalue weighted by Gasteiger charge is 2.06. The lowest BCUT2D eigenvalue weighted by atomic mass is 10.1. The number of allylic oxidation sites excluding steroid dienone is 2. The van der Waals surface area contributed by atoms with Gasteiger partial charge in [-0.25, -0.2) is 4.39 Å². The smallest absolute Gasteiger partial charge is 0.161 e. The fraction of sp³-hybridized carbons (Fsp3) is 0.231. The normalized spacial score (nSPS) is 10.8. The van der Waals surface area contributed by atoms with Crippen molar-refractivity contribution in [2.45, 2.75) is 20.8 Å². The van der Waals surface area contributed by atoms with Gasteiger partial charge in [0.15, 0.2) is 5.82 Å². The Morgan fingerprint density at radius 2 is 2.13 bits per heavy atom. The Labute approximate surface area is 89.8 Å². The van der Waals surface area contributed by atoms with Gasteiger partial charge >= 0.3 is 0 Å². The molecule has 1 aromatic carbocycles. The first kappa shape index (κ1) is 11.3. The van der Waals surface area contributed by atoms with Gasteiger partial charge in [-0.15, -0.1) is 0 Å². The third-order valence-corrected chi connectivity index (χ3v) is 2.20. The summed E-state index contributed by atoms with van der Waals surface area (Å²) in [6.45, 7) is 5.59. The molecule has 2 N–H and O–H groups in total. The average molecular weight is 203 g/mol. The Hall–Kier alpha value is -1.75. The zero-order valence-electron chi connectivity index (χ0n) is 9.19. The number of nitrogens with two attached hydrogens (primary N) is 1. The summed E-state index contributed by atoms with van der Waals surface area (Å²) in [6, 6.07) is 3.33. The van der Waals surface area contributed by atoms with Crippen molar-refractivity contribution in [2.75, 3.05) is 5.73 Å². The summed E-state index contributed by atoms with van der Waals surface area (Å²) in [7, 11) is 0. The van der Waals surface area contributed by atoms with E-state index >= 15 is 0 Å². The quantitative estimate of drug-likeness (QED) is 0.509. The highest BCUT2D eigenvalue weighted by atomic mass is 19.1. The minimum Gasteiger partial charge on any atom is -0.396 e. The number of nitrogen functional groups attached to an aromatic ring is 1. The van der Waals surface area contributed by atoms with Crippen molar-refractivity contribution in [2.24, 2.45) is 0 Å². The maximum absolute atomic E-state index is 13.6. The molecule has 0 amide bonds. The van der Waals surface area contributed by atoms with Crippen molar-refractivity contribution in [3.63, 3.8) is 0 Å². The molecular weight excluding hydrogens is 189 g/mol. The van der Waals surface area contributed by atoms with Gasteiger partial charge in [0.05, 0.1) is 11.3 Å². The molecule has 0 heterocycles. The van der Waals surface area contributed by atoms with Crippen molar-refractivity contribution in [1.82, 2.24) is 0 Å². The minimum absolute atomic E-state index is 0.142. The van der Waals surface area contributed by atoms with Gasteiger partial charge in [-0.2, -0.15) is 0 Å².